The van der Waals surface area contributed by atoms with Gasteiger partial charge in [-0.1, -0.05) is 18.2 Å². The topological polar surface area (TPSA) is 92.3 Å². The number of sulfonamides is 1. The monoisotopic (exact) mass is 440 g/mol. The first-order valence-electron chi connectivity index (χ1n) is 10.6. The van der Waals surface area contributed by atoms with E-state index in [-0.39, 0.29) is 11.4 Å². The summed E-state index contributed by atoms with van der Waals surface area (Å²) in [6.45, 7) is 6.93. The van der Waals surface area contributed by atoms with Gasteiger partial charge in [0, 0.05) is 53.6 Å². The van der Waals surface area contributed by atoms with E-state index in [1.807, 2.05) is 13.0 Å². The highest BCUT2D eigenvalue weighted by molar-refractivity contribution is 7.89. The van der Waals surface area contributed by atoms with Crippen LogP contribution >= 0.6 is 0 Å². The van der Waals surface area contributed by atoms with Gasteiger partial charge in [-0.05, 0) is 43.7 Å². The van der Waals surface area contributed by atoms with Crippen LogP contribution in [0.4, 0.5) is 0 Å². The van der Waals surface area contributed by atoms with Crippen molar-refractivity contribution in [3.8, 4) is 0 Å². The van der Waals surface area contributed by atoms with Crippen molar-refractivity contribution >= 4 is 16.0 Å². The molecule has 0 saturated carbocycles. The molecule has 1 aromatic rings. The van der Waals surface area contributed by atoms with Crippen LogP contribution in [0.1, 0.15) is 31.7 Å². The molecular weight excluding hydrogens is 404 g/mol. The summed E-state index contributed by atoms with van der Waals surface area (Å²) < 4.78 is 37.4. The normalized spacial score (nSPS) is 16.1. The maximum absolute atomic E-state index is 12.5. The fourth-order valence-corrected chi connectivity index (χ4v) is 4.24. The lowest BCUT2D eigenvalue weighted by atomic mass is 10.0. The van der Waals surface area contributed by atoms with E-state index in [1.54, 1.807) is 18.2 Å². The molecule has 2 rings (SSSR count). The number of ether oxygens (including phenoxy) is 2. The summed E-state index contributed by atoms with van der Waals surface area (Å²) in [7, 11) is -0.440. The maximum Gasteiger partial charge on any atom is 0.242 e. The van der Waals surface area contributed by atoms with Gasteiger partial charge in [-0.2, -0.15) is 0 Å². The molecule has 0 aromatic heterocycles. The number of hydrogen-bond donors (Lipinski definition) is 2. The Morgan fingerprint density at radius 1 is 1.23 bits per heavy atom. The standard InChI is InChI=1S/C21H36N4O4S/c1-4-22-21(23-12-7-13-29-17-18-10-14-28-15-11-18)24-16-19-8-5-6-9-20(19)30(26,27)25(2)3/h5-6,8-9,18H,4,7,10-17H2,1-3H3,(H2,22,23,24). The third-order valence-corrected chi connectivity index (χ3v) is 6.85. The van der Waals surface area contributed by atoms with Crippen LogP contribution in [0.15, 0.2) is 34.2 Å². The van der Waals surface area contributed by atoms with E-state index in [9.17, 15) is 8.42 Å². The summed E-state index contributed by atoms with van der Waals surface area (Å²) >= 11 is 0. The van der Waals surface area contributed by atoms with E-state index in [2.05, 4.69) is 15.6 Å². The van der Waals surface area contributed by atoms with E-state index >= 15 is 0 Å². The molecular formula is C21H36N4O4S. The molecule has 1 aromatic carbocycles. The molecule has 9 heteroatoms. The van der Waals surface area contributed by atoms with Crippen LogP contribution in [0, 0.1) is 5.92 Å². The number of guanidine groups is 1. The highest BCUT2D eigenvalue weighted by Gasteiger charge is 2.20. The molecule has 1 aliphatic rings. The minimum atomic E-state index is -3.51. The van der Waals surface area contributed by atoms with Crippen molar-refractivity contribution < 1.29 is 17.9 Å². The predicted molar refractivity (Wildman–Crippen MR) is 119 cm³/mol. The lowest BCUT2D eigenvalue weighted by Crippen LogP contribution is -2.38. The van der Waals surface area contributed by atoms with Crippen LogP contribution in [0.3, 0.4) is 0 Å². The van der Waals surface area contributed by atoms with Crippen molar-refractivity contribution in [2.75, 3.05) is 53.6 Å². The summed E-state index contributed by atoms with van der Waals surface area (Å²) in [5.74, 6) is 1.28. The molecule has 170 valence electrons. The van der Waals surface area contributed by atoms with E-state index in [0.29, 0.717) is 24.0 Å². The fraction of sp³-hybridized carbons (Fsp3) is 0.667. The summed E-state index contributed by atoms with van der Waals surface area (Å²) in [5.41, 5.74) is 0.670. The molecule has 0 spiro atoms. The molecule has 30 heavy (non-hydrogen) atoms. The first kappa shape index (κ1) is 24.6. The lowest BCUT2D eigenvalue weighted by molar-refractivity contribution is 0.0203. The van der Waals surface area contributed by atoms with Gasteiger partial charge in [0.25, 0.3) is 0 Å². The van der Waals surface area contributed by atoms with Gasteiger partial charge >= 0.3 is 0 Å². The van der Waals surface area contributed by atoms with E-state index in [0.717, 1.165) is 52.2 Å². The third kappa shape index (κ3) is 7.86. The second-order valence-corrected chi connectivity index (χ2v) is 9.62. The minimum absolute atomic E-state index is 0.277. The Balaban J connectivity index is 1.83. The van der Waals surface area contributed by atoms with Gasteiger partial charge in [0.2, 0.25) is 10.0 Å². The van der Waals surface area contributed by atoms with Gasteiger partial charge < -0.3 is 20.1 Å². The van der Waals surface area contributed by atoms with Gasteiger partial charge in [-0.3, -0.25) is 0 Å². The number of benzene rings is 1. The molecule has 1 saturated heterocycles. The van der Waals surface area contributed by atoms with Crippen LogP contribution in [0.25, 0.3) is 0 Å². The average molecular weight is 441 g/mol. The molecule has 8 nitrogen and oxygen atoms in total. The van der Waals surface area contributed by atoms with Crippen molar-refractivity contribution in [1.29, 1.82) is 0 Å². The molecule has 0 unspecified atom stereocenters. The molecule has 0 atom stereocenters. The van der Waals surface area contributed by atoms with Crippen molar-refractivity contribution in [3.63, 3.8) is 0 Å². The summed E-state index contributed by atoms with van der Waals surface area (Å²) in [4.78, 5) is 4.85. The largest absolute Gasteiger partial charge is 0.381 e. The maximum atomic E-state index is 12.5. The van der Waals surface area contributed by atoms with Crippen LogP contribution in [0.5, 0.6) is 0 Å². The van der Waals surface area contributed by atoms with Gasteiger partial charge in [-0.15, -0.1) is 0 Å². The van der Waals surface area contributed by atoms with Crippen molar-refractivity contribution in [1.82, 2.24) is 14.9 Å². The smallest absolute Gasteiger partial charge is 0.242 e. The minimum Gasteiger partial charge on any atom is -0.381 e. The first-order chi connectivity index (χ1) is 14.4. The van der Waals surface area contributed by atoms with Crippen LogP contribution in [-0.2, 0) is 26.0 Å². The third-order valence-electron chi connectivity index (χ3n) is 4.94. The number of nitrogens with one attached hydrogen (secondary N) is 2. The van der Waals surface area contributed by atoms with Crippen LogP contribution < -0.4 is 10.6 Å². The Labute approximate surface area is 181 Å². The molecule has 1 fully saturated rings. The molecule has 0 bridgehead atoms. The van der Waals surface area contributed by atoms with Crippen molar-refractivity contribution in [3.05, 3.63) is 29.8 Å². The van der Waals surface area contributed by atoms with Gasteiger partial charge in [0.1, 0.15) is 0 Å². The van der Waals surface area contributed by atoms with E-state index in [1.165, 1.54) is 18.4 Å². The summed E-state index contributed by atoms with van der Waals surface area (Å²) in [6.07, 6.45) is 3.04. The highest BCUT2D eigenvalue weighted by Crippen LogP contribution is 2.19. The Hall–Kier alpha value is -1.68. The first-order valence-corrected chi connectivity index (χ1v) is 12.1. The van der Waals surface area contributed by atoms with Crippen molar-refractivity contribution in [2.45, 2.75) is 37.6 Å². The van der Waals surface area contributed by atoms with E-state index < -0.39 is 10.0 Å². The van der Waals surface area contributed by atoms with Gasteiger partial charge in [-0.25, -0.2) is 17.7 Å². The number of nitrogens with zero attached hydrogens (tertiary/aromatic N) is 2. The average Bonchev–Trinajstić information content (AvgIpc) is 2.75. The Kier molecular flexibility index (Phi) is 10.6. The number of aliphatic imine (C=N–C) groups is 1. The second-order valence-electron chi connectivity index (χ2n) is 7.50. The van der Waals surface area contributed by atoms with Crippen LogP contribution in [-0.4, -0.2) is 72.3 Å². The molecule has 0 aliphatic carbocycles. The zero-order valence-corrected chi connectivity index (χ0v) is 19.2. The SMILES string of the molecule is CCNC(=NCc1ccccc1S(=O)(=O)N(C)C)NCCCOCC1CCOCC1. The quantitative estimate of drug-likeness (QED) is 0.310. The summed E-state index contributed by atoms with van der Waals surface area (Å²) in [5, 5.41) is 6.49. The Morgan fingerprint density at radius 3 is 2.67 bits per heavy atom. The molecule has 0 amide bonds. The molecule has 2 N–H and O–H groups in total. The Morgan fingerprint density at radius 2 is 1.97 bits per heavy atom. The molecule has 1 heterocycles. The Bertz CT molecular complexity index is 762. The number of rotatable bonds is 11. The molecule has 0 radical (unpaired) electrons. The number of hydrogen-bond acceptors (Lipinski definition) is 5. The fourth-order valence-electron chi connectivity index (χ4n) is 3.13. The van der Waals surface area contributed by atoms with Crippen molar-refractivity contribution in [2.24, 2.45) is 10.9 Å². The van der Waals surface area contributed by atoms with E-state index in [4.69, 9.17) is 9.47 Å². The van der Waals surface area contributed by atoms with Gasteiger partial charge in [0.05, 0.1) is 11.4 Å². The van der Waals surface area contributed by atoms with Gasteiger partial charge in [0.15, 0.2) is 5.96 Å². The second kappa shape index (κ2) is 12.9. The lowest BCUT2D eigenvalue weighted by Gasteiger charge is -2.21. The summed E-state index contributed by atoms with van der Waals surface area (Å²) in [6, 6.07) is 6.98. The zero-order chi connectivity index (χ0) is 21.8. The molecule has 1 aliphatic heterocycles. The zero-order valence-electron chi connectivity index (χ0n) is 18.4. The van der Waals surface area contributed by atoms with Crippen LogP contribution in [0.2, 0.25) is 0 Å². The highest BCUT2D eigenvalue weighted by atomic mass is 32.2. The predicted octanol–water partition coefficient (Wildman–Crippen LogP) is 1.83.